The third kappa shape index (κ3) is 3.66. The number of nitrogens with zero attached hydrogens (tertiary/aromatic N) is 2. The summed E-state index contributed by atoms with van der Waals surface area (Å²) in [6.45, 7) is 1.36. The number of para-hydroxylation sites is 1. The zero-order valence-electron chi connectivity index (χ0n) is 13.7. The molecule has 5 nitrogen and oxygen atoms in total. The van der Waals surface area contributed by atoms with E-state index in [0.29, 0.717) is 0 Å². The number of hydrogen-bond acceptors (Lipinski definition) is 4. The number of carbonyl (C=O) groups is 2. The van der Waals surface area contributed by atoms with Crippen molar-refractivity contribution in [3.05, 3.63) is 83.7 Å². The quantitative estimate of drug-likeness (QED) is 0.518. The highest BCUT2D eigenvalue weighted by molar-refractivity contribution is 6.01. The number of hydrogen-bond donors (Lipinski definition) is 0. The first-order valence-corrected chi connectivity index (χ1v) is 7.76. The normalized spacial score (nSPS) is 11.8. The van der Waals surface area contributed by atoms with E-state index in [2.05, 4.69) is 5.10 Å². The second-order valence-corrected chi connectivity index (χ2v) is 5.55. The van der Waals surface area contributed by atoms with Gasteiger partial charge in [-0.2, -0.15) is 5.10 Å². The van der Waals surface area contributed by atoms with Crippen LogP contribution in [0, 0.1) is 11.6 Å². The molecule has 0 aliphatic carbocycles. The molecule has 0 saturated heterocycles. The molecule has 3 rings (SSSR count). The van der Waals surface area contributed by atoms with Gasteiger partial charge < -0.3 is 4.74 Å². The first-order chi connectivity index (χ1) is 12.5. The Morgan fingerprint density at radius 1 is 1.04 bits per heavy atom. The largest absolute Gasteiger partial charge is 0.451 e. The van der Waals surface area contributed by atoms with Gasteiger partial charge in [-0.15, -0.1) is 0 Å². The average molecular weight is 356 g/mol. The third-order valence-electron chi connectivity index (χ3n) is 3.70. The monoisotopic (exact) mass is 356 g/mol. The zero-order chi connectivity index (χ0) is 18.7. The Hall–Kier alpha value is -3.35. The second kappa shape index (κ2) is 7.26. The minimum absolute atomic E-state index is 0.0795. The van der Waals surface area contributed by atoms with Gasteiger partial charge in [-0.3, -0.25) is 4.79 Å². The van der Waals surface area contributed by atoms with E-state index in [1.807, 2.05) is 30.3 Å². The van der Waals surface area contributed by atoms with Crippen molar-refractivity contribution >= 4 is 11.8 Å². The lowest BCUT2D eigenvalue weighted by Crippen LogP contribution is -2.24. The van der Waals surface area contributed by atoms with E-state index in [1.54, 1.807) is 0 Å². The summed E-state index contributed by atoms with van der Waals surface area (Å²) in [6, 6.07) is 11.9. The molecule has 0 fully saturated rings. The van der Waals surface area contributed by atoms with Crippen LogP contribution in [0.3, 0.4) is 0 Å². The van der Waals surface area contributed by atoms with Gasteiger partial charge in [0.25, 0.3) is 0 Å². The molecule has 0 aliphatic heterocycles. The maximum Gasteiger partial charge on any atom is 0.342 e. The fourth-order valence-electron chi connectivity index (χ4n) is 2.32. The highest BCUT2D eigenvalue weighted by Gasteiger charge is 2.22. The Kier molecular flexibility index (Phi) is 4.88. The van der Waals surface area contributed by atoms with E-state index in [1.165, 1.54) is 24.0 Å². The Morgan fingerprint density at radius 2 is 1.77 bits per heavy atom. The predicted octanol–water partition coefficient (Wildman–Crippen LogP) is 3.58. The molecule has 1 aromatic heterocycles. The van der Waals surface area contributed by atoms with Crippen LogP contribution in [0.15, 0.2) is 60.9 Å². The van der Waals surface area contributed by atoms with Crippen LogP contribution >= 0.6 is 0 Å². The highest BCUT2D eigenvalue weighted by atomic mass is 19.2. The molecule has 0 saturated carbocycles. The smallest absolute Gasteiger partial charge is 0.342 e. The van der Waals surface area contributed by atoms with Crippen molar-refractivity contribution in [3.8, 4) is 5.69 Å². The maximum atomic E-state index is 13.2. The molecule has 1 heterocycles. The molecule has 1 atom stereocenters. The molecule has 0 spiro atoms. The molecular weight excluding hydrogens is 342 g/mol. The van der Waals surface area contributed by atoms with Crippen LogP contribution < -0.4 is 0 Å². The topological polar surface area (TPSA) is 61.2 Å². The molecular formula is C19H14F2N2O3. The summed E-state index contributed by atoms with van der Waals surface area (Å²) in [4.78, 5) is 24.4. The van der Waals surface area contributed by atoms with Gasteiger partial charge in [0.2, 0.25) is 5.78 Å². The fraction of sp³-hybridized carbons (Fsp3) is 0.105. The highest BCUT2D eigenvalue weighted by Crippen LogP contribution is 2.14. The summed E-state index contributed by atoms with van der Waals surface area (Å²) in [5, 5.41) is 4.08. The third-order valence-corrected chi connectivity index (χ3v) is 3.70. The summed E-state index contributed by atoms with van der Waals surface area (Å²) in [5.74, 6) is -3.57. The lowest BCUT2D eigenvalue weighted by atomic mass is 10.1. The van der Waals surface area contributed by atoms with E-state index >= 15 is 0 Å². The van der Waals surface area contributed by atoms with Crippen LogP contribution in [0.2, 0.25) is 0 Å². The standard InChI is InChI=1S/C19H14F2N2O3/c1-12(18(24)13-7-8-16(20)17(21)9-13)26-19(25)14-10-22-23(11-14)15-5-3-2-4-6-15/h2-12H,1H3. The van der Waals surface area contributed by atoms with Gasteiger partial charge >= 0.3 is 5.97 Å². The van der Waals surface area contributed by atoms with Gasteiger partial charge in [0.05, 0.1) is 17.4 Å². The SMILES string of the molecule is CC(OC(=O)c1cnn(-c2ccccc2)c1)C(=O)c1ccc(F)c(F)c1. The zero-order valence-corrected chi connectivity index (χ0v) is 13.7. The van der Waals surface area contributed by atoms with Gasteiger partial charge in [0.15, 0.2) is 17.7 Å². The van der Waals surface area contributed by atoms with Crippen molar-refractivity contribution in [1.82, 2.24) is 9.78 Å². The van der Waals surface area contributed by atoms with E-state index in [9.17, 15) is 18.4 Å². The number of rotatable bonds is 5. The van der Waals surface area contributed by atoms with Crippen LogP contribution in [-0.2, 0) is 4.74 Å². The Balaban J connectivity index is 1.70. The molecule has 2 aromatic carbocycles. The van der Waals surface area contributed by atoms with Crippen LogP contribution in [0.1, 0.15) is 27.6 Å². The van der Waals surface area contributed by atoms with Crippen molar-refractivity contribution in [1.29, 1.82) is 0 Å². The molecule has 3 aromatic rings. The molecule has 0 aliphatic rings. The number of Topliss-reactive ketones (excluding diaryl/α,β-unsaturated/α-hetero) is 1. The van der Waals surface area contributed by atoms with Gasteiger partial charge in [0.1, 0.15) is 0 Å². The Morgan fingerprint density at radius 3 is 2.46 bits per heavy atom. The molecule has 0 amide bonds. The van der Waals surface area contributed by atoms with Crippen molar-refractivity contribution in [2.75, 3.05) is 0 Å². The molecule has 7 heteroatoms. The summed E-state index contributed by atoms with van der Waals surface area (Å²) < 4.78 is 32.8. The minimum atomic E-state index is -1.16. The van der Waals surface area contributed by atoms with Gasteiger partial charge in [-0.1, -0.05) is 18.2 Å². The lowest BCUT2D eigenvalue weighted by molar-refractivity contribution is 0.0318. The van der Waals surface area contributed by atoms with Crippen molar-refractivity contribution in [2.24, 2.45) is 0 Å². The van der Waals surface area contributed by atoms with E-state index in [4.69, 9.17) is 4.74 Å². The number of benzene rings is 2. The number of halogens is 2. The number of aromatic nitrogens is 2. The van der Waals surface area contributed by atoms with Crippen LogP contribution in [-0.4, -0.2) is 27.6 Å². The molecule has 0 bridgehead atoms. The number of ether oxygens (including phenoxy) is 1. The van der Waals surface area contributed by atoms with E-state index in [-0.39, 0.29) is 11.1 Å². The van der Waals surface area contributed by atoms with Crippen LogP contribution in [0.5, 0.6) is 0 Å². The first kappa shape index (κ1) is 17.5. The molecule has 1 unspecified atom stereocenters. The summed E-state index contributed by atoms with van der Waals surface area (Å²) in [6.07, 6.45) is 1.64. The van der Waals surface area contributed by atoms with Gasteiger partial charge in [-0.25, -0.2) is 18.3 Å². The maximum absolute atomic E-state index is 13.2. The number of carbonyl (C=O) groups excluding carboxylic acids is 2. The molecule has 132 valence electrons. The van der Waals surface area contributed by atoms with E-state index < -0.39 is 29.5 Å². The molecule has 26 heavy (non-hydrogen) atoms. The summed E-state index contributed by atoms with van der Waals surface area (Å²) in [5.41, 5.74) is 0.848. The first-order valence-electron chi connectivity index (χ1n) is 7.76. The summed E-state index contributed by atoms with van der Waals surface area (Å²) >= 11 is 0. The minimum Gasteiger partial charge on any atom is -0.451 e. The molecule has 0 radical (unpaired) electrons. The predicted molar refractivity (Wildman–Crippen MR) is 89.1 cm³/mol. The van der Waals surface area contributed by atoms with Crippen LogP contribution in [0.25, 0.3) is 5.69 Å². The summed E-state index contributed by atoms with van der Waals surface area (Å²) in [7, 11) is 0. The number of ketones is 1. The fourth-order valence-corrected chi connectivity index (χ4v) is 2.32. The van der Waals surface area contributed by atoms with Gasteiger partial charge in [-0.05, 0) is 37.3 Å². The van der Waals surface area contributed by atoms with Gasteiger partial charge in [0, 0.05) is 11.8 Å². The lowest BCUT2D eigenvalue weighted by Gasteiger charge is -2.11. The number of esters is 1. The average Bonchev–Trinajstić information content (AvgIpc) is 3.14. The van der Waals surface area contributed by atoms with Crippen molar-refractivity contribution < 1.29 is 23.1 Å². The Labute approximate surface area is 147 Å². The van der Waals surface area contributed by atoms with Crippen LogP contribution in [0.4, 0.5) is 8.78 Å². The Bertz CT molecular complexity index is 954. The van der Waals surface area contributed by atoms with Crippen molar-refractivity contribution in [3.63, 3.8) is 0 Å². The van der Waals surface area contributed by atoms with E-state index in [0.717, 1.165) is 23.9 Å². The van der Waals surface area contributed by atoms with Crippen molar-refractivity contribution in [2.45, 2.75) is 13.0 Å². The second-order valence-electron chi connectivity index (χ2n) is 5.55. The molecule has 0 N–H and O–H groups in total.